The molecule has 1 fully saturated rings. The molecule has 8 nitrogen and oxygen atoms in total. The zero-order valence-corrected chi connectivity index (χ0v) is 18.7. The van der Waals surface area contributed by atoms with E-state index in [4.69, 9.17) is 14.2 Å². The van der Waals surface area contributed by atoms with Gasteiger partial charge >= 0.3 is 0 Å². The molecule has 1 aliphatic rings. The lowest BCUT2D eigenvalue weighted by Gasteiger charge is -2.28. The average molecular weight is 442 g/mol. The summed E-state index contributed by atoms with van der Waals surface area (Å²) in [5.74, 6) is 1.17. The molecule has 0 aliphatic carbocycles. The first-order valence-corrected chi connectivity index (χ1v) is 10.8. The molecular formula is C24H31N3O5. The second kappa shape index (κ2) is 12.0. The fourth-order valence-electron chi connectivity index (χ4n) is 3.36. The zero-order valence-electron chi connectivity index (χ0n) is 18.7. The quantitative estimate of drug-likeness (QED) is 0.571. The number of nitrogens with zero attached hydrogens (tertiary/aromatic N) is 2. The van der Waals surface area contributed by atoms with Gasteiger partial charge in [0.1, 0.15) is 11.5 Å². The van der Waals surface area contributed by atoms with Crippen LogP contribution in [0.5, 0.6) is 11.5 Å². The molecular weight excluding hydrogens is 410 g/mol. The van der Waals surface area contributed by atoms with E-state index in [1.807, 2.05) is 48.5 Å². The van der Waals surface area contributed by atoms with Gasteiger partial charge < -0.3 is 29.3 Å². The number of amides is 2. The SMILES string of the molecule is COc1ccc(OCCCC(=O)N(C)CC(=O)Nc2ccc(N3CCOCC3)cc2)cc1. The first kappa shape index (κ1) is 23.4. The van der Waals surface area contributed by atoms with Gasteiger partial charge in [0.25, 0.3) is 0 Å². The summed E-state index contributed by atoms with van der Waals surface area (Å²) in [4.78, 5) is 28.3. The number of benzene rings is 2. The minimum Gasteiger partial charge on any atom is -0.497 e. The molecule has 3 rings (SSSR count). The van der Waals surface area contributed by atoms with Crippen LogP contribution in [-0.2, 0) is 14.3 Å². The Bertz CT molecular complexity index is 864. The number of rotatable bonds is 10. The Balaban J connectivity index is 1.35. The fourth-order valence-corrected chi connectivity index (χ4v) is 3.36. The lowest BCUT2D eigenvalue weighted by Crippen LogP contribution is -2.36. The van der Waals surface area contributed by atoms with Crippen LogP contribution in [0.15, 0.2) is 48.5 Å². The second-order valence-electron chi connectivity index (χ2n) is 7.57. The molecule has 2 amide bonds. The Labute approximate surface area is 189 Å². The van der Waals surface area contributed by atoms with Gasteiger partial charge in [-0.25, -0.2) is 0 Å². The van der Waals surface area contributed by atoms with Crippen molar-refractivity contribution in [1.82, 2.24) is 4.90 Å². The summed E-state index contributed by atoms with van der Waals surface area (Å²) in [5.41, 5.74) is 1.82. The van der Waals surface area contributed by atoms with Crippen LogP contribution in [0.3, 0.4) is 0 Å². The second-order valence-corrected chi connectivity index (χ2v) is 7.57. The van der Waals surface area contributed by atoms with E-state index < -0.39 is 0 Å². The van der Waals surface area contributed by atoms with E-state index in [-0.39, 0.29) is 18.4 Å². The van der Waals surface area contributed by atoms with Crippen molar-refractivity contribution in [3.63, 3.8) is 0 Å². The standard InChI is InChI=1S/C24H31N3O5/c1-26(24(29)4-3-15-32-22-11-9-21(30-2)10-12-22)18-23(28)25-19-5-7-20(8-6-19)27-13-16-31-17-14-27/h5-12H,3-4,13-18H2,1-2H3,(H,25,28). The van der Waals surface area contributed by atoms with Crippen molar-refractivity contribution in [2.75, 3.05) is 63.8 Å². The van der Waals surface area contributed by atoms with Gasteiger partial charge in [0.05, 0.1) is 33.5 Å². The summed E-state index contributed by atoms with van der Waals surface area (Å²) < 4.78 is 16.1. The topological polar surface area (TPSA) is 80.3 Å². The summed E-state index contributed by atoms with van der Waals surface area (Å²) in [7, 11) is 3.24. The first-order valence-electron chi connectivity index (χ1n) is 10.8. The minimum absolute atomic E-state index is 0.00336. The molecule has 32 heavy (non-hydrogen) atoms. The Morgan fingerprint density at radius 3 is 2.34 bits per heavy atom. The van der Waals surface area contributed by atoms with Gasteiger partial charge in [0.15, 0.2) is 0 Å². The number of hydrogen-bond acceptors (Lipinski definition) is 6. The molecule has 0 aromatic heterocycles. The van der Waals surface area contributed by atoms with Crippen molar-refractivity contribution < 1.29 is 23.8 Å². The molecule has 2 aromatic carbocycles. The summed E-state index contributed by atoms with van der Waals surface area (Å²) in [5, 5.41) is 2.84. The molecule has 1 N–H and O–H groups in total. The van der Waals surface area contributed by atoms with Crippen molar-refractivity contribution in [2.45, 2.75) is 12.8 Å². The summed E-state index contributed by atoms with van der Waals surface area (Å²) in [6.45, 7) is 3.61. The van der Waals surface area contributed by atoms with Gasteiger partial charge in [-0.1, -0.05) is 0 Å². The van der Waals surface area contributed by atoms with E-state index >= 15 is 0 Å². The predicted octanol–water partition coefficient (Wildman–Crippen LogP) is 2.79. The number of likely N-dealkylation sites (N-methyl/N-ethyl adjacent to an activating group) is 1. The normalized spacial score (nSPS) is 13.4. The van der Waals surface area contributed by atoms with Crippen LogP contribution in [0.25, 0.3) is 0 Å². The largest absolute Gasteiger partial charge is 0.497 e. The first-order chi connectivity index (χ1) is 15.5. The molecule has 1 aliphatic heterocycles. The van der Waals surface area contributed by atoms with E-state index in [0.29, 0.717) is 25.1 Å². The number of carbonyl (C=O) groups excluding carboxylic acids is 2. The van der Waals surface area contributed by atoms with Gasteiger partial charge in [-0.2, -0.15) is 0 Å². The lowest BCUT2D eigenvalue weighted by atomic mass is 10.2. The van der Waals surface area contributed by atoms with E-state index in [9.17, 15) is 9.59 Å². The van der Waals surface area contributed by atoms with Gasteiger partial charge in [-0.05, 0) is 55.0 Å². The minimum atomic E-state index is -0.227. The van der Waals surface area contributed by atoms with E-state index in [1.54, 1.807) is 14.2 Å². The van der Waals surface area contributed by atoms with Crippen LogP contribution in [0.4, 0.5) is 11.4 Å². The summed E-state index contributed by atoms with van der Waals surface area (Å²) in [6.07, 6.45) is 0.883. The summed E-state index contributed by atoms with van der Waals surface area (Å²) >= 11 is 0. The van der Waals surface area contributed by atoms with Crippen molar-refractivity contribution >= 4 is 23.2 Å². The number of anilines is 2. The smallest absolute Gasteiger partial charge is 0.243 e. The van der Waals surface area contributed by atoms with Crippen LogP contribution in [0.1, 0.15) is 12.8 Å². The van der Waals surface area contributed by atoms with Crippen LogP contribution in [-0.4, -0.2) is 70.3 Å². The third-order valence-electron chi connectivity index (χ3n) is 5.20. The molecule has 0 bridgehead atoms. The van der Waals surface area contributed by atoms with Gasteiger partial charge in [-0.3, -0.25) is 9.59 Å². The maximum atomic E-state index is 12.3. The Morgan fingerprint density at radius 2 is 1.69 bits per heavy atom. The molecule has 172 valence electrons. The van der Waals surface area contributed by atoms with E-state index in [2.05, 4.69) is 10.2 Å². The molecule has 0 unspecified atom stereocenters. The molecule has 0 spiro atoms. The van der Waals surface area contributed by atoms with Crippen molar-refractivity contribution in [2.24, 2.45) is 0 Å². The summed E-state index contributed by atoms with van der Waals surface area (Å²) in [6, 6.07) is 15.0. The number of ether oxygens (including phenoxy) is 3. The van der Waals surface area contributed by atoms with Crippen LogP contribution < -0.4 is 19.7 Å². The monoisotopic (exact) mass is 441 g/mol. The third-order valence-corrected chi connectivity index (χ3v) is 5.20. The van der Waals surface area contributed by atoms with Crippen LogP contribution in [0, 0.1) is 0 Å². The van der Waals surface area contributed by atoms with Crippen LogP contribution >= 0.6 is 0 Å². The number of morpholine rings is 1. The van der Waals surface area contributed by atoms with E-state index in [0.717, 1.165) is 43.5 Å². The predicted molar refractivity (Wildman–Crippen MR) is 123 cm³/mol. The van der Waals surface area contributed by atoms with Gasteiger partial charge in [-0.15, -0.1) is 0 Å². The highest BCUT2D eigenvalue weighted by Crippen LogP contribution is 2.19. The van der Waals surface area contributed by atoms with E-state index in [1.165, 1.54) is 4.90 Å². The number of nitrogens with one attached hydrogen (secondary N) is 1. The third kappa shape index (κ3) is 7.16. The molecule has 0 radical (unpaired) electrons. The fraction of sp³-hybridized carbons (Fsp3) is 0.417. The average Bonchev–Trinajstić information content (AvgIpc) is 2.83. The maximum Gasteiger partial charge on any atom is 0.243 e. The maximum absolute atomic E-state index is 12.3. The van der Waals surface area contributed by atoms with Gasteiger partial charge in [0.2, 0.25) is 11.8 Å². The molecule has 0 saturated carbocycles. The molecule has 1 saturated heterocycles. The molecule has 1 heterocycles. The highest BCUT2D eigenvalue weighted by atomic mass is 16.5. The van der Waals surface area contributed by atoms with Crippen molar-refractivity contribution in [3.05, 3.63) is 48.5 Å². The number of hydrogen-bond donors (Lipinski definition) is 1. The van der Waals surface area contributed by atoms with Crippen LogP contribution in [0.2, 0.25) is 0 Å². The van der Waals surface area contributed by atoms with Crippen molar-refractivity contribution in [1.29, 1.82) is 0 Å². The number of carbonyl (C=O) groups is 2. The zero-order chi connectivity index (χ0) is 22.8. The highest BCUT2D eigenvalue weighted by Gasteiger charge is 2.14. The molecule has 8 heteroatoms. The highest BCUT2D eigenvalue weighted by molar-refractivity contribution is 5.94. The van der Waals surface area contributed by atoms with Crippen molar-refractivity contribution in [3.8, 4) is 11.5 Å². The molecule has 0 atom stereocenters. The molecule has 2 aromatic rings. The number of methoxy groups -OCH3 is 1. The van der Waals surface area contributed by atoms with Gasteiger partial charge in [0, 0.05) is 37.9 Å². The Kier molecular flexibility index (Phi) is 8.74. The lowest BCUT2D eigenvalue weighted by molar-refractivity contribution is -0.133. The Morgan fingerprint density at radius 1 is 1.03 bits per heavy atom. The Hall–Kier alpha value is -3.26.